The smallest absolute Gasteiger partial charge is 0.310 e. The van der Waals surface area contributed by atoms with Crippen LogP contribution in [0, 0.1) is 11.8 Å². The number of methoxy groups -OCH3 is 1. The van der Waals surface area contributed by atoms with Crippen molar-refractivity contribution in [3.63, 3.8) is 0 Å². The number of hydrogen-bond donors (Lipinski definition) is 0. The first kappa shape index (κ1) is 17.8. The van der Waals surface area contributed by atoms with E-state index in [4.69, 9.17) is 9.15 Å². The van der Waals surface area contributed by atoms with Gasteiger partial charge in [-0.1, -0.05) is 20.8 Å². The molecule has 5 nitrogen and oxygen atoms in total. The maximum Gasteiger partial charge on any atom is 0.310 e. The van der Waals surface area contributed by atoms with Crippen molar-refractivity contribution in [1.29, 1.82) is 0 Å². The standard InChI is InChI=1S/C15H22BrNO4/c1-10(2)7-8-17(9-11(3)15(19)20-4)14(18)12-5-6-13(16)21-12/h5-6,10-11H,7-9H2,1-4H3. The van der Waals surface area contributed by atoms with Gasteiger partial charge in [-0.3, -0.25) is 9.59 Å². The fraction of sp³-hybridized carbons (Fsp3) is 0.600. The molecular formula is C15H22BrNO4. The molecule has 1 heterocycles. The largest absolute Gasteiger partial charge is 0.469 e. The minimum Gasteiger partial charge on any atom is -0.469 e. The third kappa shape index (κ3) is 5.53. The van der Waals surface area contributed by atoms with Crippen LogP contribution in [0.15, 0.2) is 21.2 Å². The summed E-state index contributed by atoms with van der Waals surface area (Å²) in [6.45, 7) is 6.83. The number of rotatable bonds is 7. The molecule has 1 unspecified atom stereocenters. The molecule has 0 spiro atoms. The van der Waals surface area contributed by atoms with Crippen molar-refractivity contribution in [3.05, 3.63) is 22.6 Å². The van der Waals surface area contributed by atoms with E-state index in [9.17, 15) is 9.59 Å². The van der Waals surface area contributed by atoms with Gasteiger partial charge in [-0.05, 0) is 40.4 Å². The number of ether oxygens (including phenoxy) is 1. The molecule has 0 aliphatic rings. The van der Waals surface area contributed by atoms with E-state index < -0.39 is 0 Å². The van der Waals surface area contributed by atoms with Crippen molar-refractivity contribution in [2.75, 3.05) is 20.2 Å². The minimum absolute atomic E-state index is 0.211. The molecule has 0 saturated heterocycles. The summed E-state index contributed by atoms with van der Waals surface area (Å²) >= 11 is 3.19. The van der Waals surface area contributed by atoms with Crippen LogP contribution in [-0.2, 0) is 9.53 Å². The summed E-state index contributed by atoms with van der Waals surface area (Å²) in [5, 5.41) is 0. The molecule has 1 rings (SSSR count). The Morgan fingerprint density at radius 1 is 1.33 bits per heavy atom. The molecule has 0 aliphatic heterocycles. The highest BCUT2D eigenvalue weighted by molar-refractivity contribution is 9.10. The molecule has 1 aromatic heterocycles. The van der Waals surface area contributed by atoms with E-state index in [2.05, 4.69) is 29.8 Å². The van der Waals surface area contributed by atoms with Gasteiger partial charge < -0.3 is 14.1 Å². The van der Waals surface area contributed by atoms with E-state index in [1.165, 1.54) is 7.11 Å². The minimum atomic E-state index is -0.371. The van der Waals surface area contributed by atoms with Crippen molar-refractivity contribution in [2.24, 2.45) is 11.8 Å². The molecule has 21 heavy (non-hydrogen) atoms. The summed E-state index contributed by atoms with van der Waals surface area (Å²) in [5.74, 6) is -0.167. The normalized spacial score (nSPS) is 12.3. The van der Waals surface area contributed by atoms with E-state index in [1.807, 2.05) is 0 Å². The van der Waals surface area contributed by atoms with Crippen molar-refractivity contribution in [2.45, 2.75) is 27.2 Å². The second kappa shape index (κ2) is 8.22. The molecule has 0 aliphatic carbocycles. The number of hydrogen-bond acceptors (Lipinski definition) is 4. The number of furan rings is 1. The van der Waals surface area contributed by atoms with Crippen LogP contribution in [-0.4, -0.2) is 37.0 Å². The zero-order chi connectivity index (χ0) is 16.0. The first-order chi connectivity index (χ1) is 9.85. The van der Waals surface area contributed by atoms with E-state index in [1.54, 1.807) is 24.0 Å². The average molecular weight is 360 g/mol. The number of halogens is 1. The van der Waals surface area contributed by atoms with Crippen LogP contribution >= 0.6 is 15.9 Å². The molecule has 1 aromatic rings. The van der Waals surface area contributed by atoms with E-state index >= 15 is 0 Å². The van der Waals surface area contributed by atoms with Gasteiger partial charge in [-0.2, -0.15) is 0 Å². The second-order valence-electron chi connectivity index (χ2n) is 5.46. The van der Waals surface area contributed by atoms with Gasteiger partial charge in [0.1, 0.15) is 0 Å². The predicted octanol–water partition coefficient (Wildman–Crippen LogP) is 3.34. The van der Waals surface area contributed by atoms with Gasteiger partial charge in [0.15, 0.2) is 10.4 Å². The van der Waals surface area contributed by atoms with Gasteiger partial charge in [0.05, 0.1) is 13.0 Å². The Bertz CT molecular complexity index is 484. The third-order valence-electron chi connectivity index (χ3n) is 3.15. The van der Waals surface area contributed by atoms with Gasteiger partial charge in [-0.25, -0.2) is 0 Å². The lowest BCUT2D eigenvalue weighted by Gasteiger charge is -2.25. The van der Waals surface area contributed by atoms with Crippen LogP contribution in [0.3, 0.4) is 0 Å². The Morgan fingerprint density at radius 3 is 2.48 bits per heavy atom. The Labute approximate surface area is 133 Å². The van der Waals surface area contributed by atoms with Crippen molar-refractivity contribution in [3.8, 4) is 0 Å². The van der Waals surface area contributed by atoms with Gasteiger partial charge in [-0.15, -0.1) is 0 Å². The van der Waals surface area contributed by atoms with Gasteiger partial charge in [0.25, 0.3) is 5.91 Å². The molecule has 1 amide bonds. The third-order valence-corrected chi connectivity index (χ3v) is 3.57. The van der Waals surface area contributed by atoms with Gasteiger partial charge in [0, 0.05) is 13.1 Å². The van der Waals surface area contributed by atoms with Crippen LogP contribution in [0.5, 0.6) is 0 Å². The van der Waals surface area contributed by atoms with Crippen LogP contribution in [0.25, 0.3) is 0 Å². The molecule has 6 heteroatoms. The lowest BCUT2D eigenvalue weighted by Crippen LogP contribution is -2.38. The molecule has 118 valence electrons. The SMILES string of the molecule is COC(=O)C(C)CN(CCC(C)C)C(=O)c1ccc(Br)o1. The lowest BCUT2D eigenvalue weighted by molar-refractivity contribution is -0.145. The Kier molecular flexibility index (Phi) is 6.95. The number of esters is 1. The average Bonchev–Trinajstić information content (AvgIpc) is 2.87. The maximum atomic E-state index is 12.5. The molecule has 0 saturated carbocycles. The van der Waals surface area contributed by atoms with Crippen LogP contribution in [0.2, 0.25) is 0 Å². The molecule has 1 atom stereocenters. The van der Waals surface area contributed by atoms with E-state index in [-0.39, 0.29) is 23.6 Å². The maximum absolute atomic E-state index is 12.5. The zero-order valence-electron chi connectivity index (χ0n) is 12.9. The monoisotopic (exact) mass is 359 g/mol. The van der Waals surface area contributed by atoms with E-state index in [0.717, 1.165) is 6.42 Å². The lowest BCUT2D eigenvalue weighted by atomic mass is 10.1. The van der Waals surface area contributed by atoms with Crippen LogP contribution < -0.4 is 0 Å². The quantitative estimate of drug-likeness (QED) is 0.700. The molecule has 0 bridgehead atoms. The molecule has 0 aromatic carbocycles. The summed E-state index contributed by atoms with van der Waals surface area (Å²) < 4.78 is 10.5. The van der Waals surface area contributed by atoms with Gasteiger partial charge in [0.2, 0.25) is 0 Å². The highest BCUT2D eigenvalue weighted by Gasteiger charge is 2.24. The molecule has 0 fully saturated rings. The van der Waals surface area contributed by atoms with Crippen molar-refractivity contribution in [1.82, 2.24) is 4.90 Å². The Hall–Kier alpha value is -1.30. The van der Waals surface area contributed by atoms with Crippen molar-refractivity contribution >= 4 is 27.8 Å². The number of carbonyl (C=O) groups excluding carboxylic acids is 2. The Morgan fingerprint density at radius 2 is 2.00 bits per heavy atom. The molecule has 0 N–H and O–H groups in total. The number of amides is 1. The van der Waals surface area contributed by atoms with Crippen molar-refractivity contribution < 1.29 is 18.7 Å². The highest BCUT2D eigenvalue weighted by Crippen LogP contribution is 2.17. The summed E-state index contributed by atoms with van der Waals surface area (Å²) in [4.78, 5) is 25.7. The first-order valence-electron chi connectivity index (χ1n) is 6.97. The number of nitrogens with zero attached hydrogens (tertiary/aromatic N) is 1. The summed E-state index contributed by atoms with van der Waals surface area (Å²) in [5.41, 5.74) is 0. The molecule has 0 radical (unpaired) electrons. The molecular weight excluding hydrogens is 338 g/mol. The summed E-state index contributed by atoms with van der Waals surface area (Å²) in [7, 11) is 1.35. The summed E-state index contributed by atoms with van der Waals surface area (Å²) in [6.07, 6.45) is 0.863. The topological polar surface area (TPSA) is 59.8 Å². The van der Waals surface area contributed by atoms with E-state index in [0.29, 0.717) is 23.7 Å². The fourth-order valence-corrected chi connectivity index (χ4v) is 2.19. The fourth-order valence-electron chi connectivity index (χ4n) is 1.88. The second-order valence-corrected chi connectivity index (χ2v) is 6.24. The highest BCUT2D eigenvalue weighted by atomic mass is 79.9. The predicted molar refractivity (Wildman–Crippen MR) is 82.9 cm³/mol. The number of carbonyl (C=O) groups is 2. The zero-order valence-corrected chi connectivity index (χ0v) is 14.5. The van der Waals surface area contributed by atoms with Crippen LogP contribution in [0.4, 0.5) is 0 Å². The Balaban J connectivity index is 2.80. The summed E-state index contributed by atoms with van der Waals surface area (Å²) in [6, 6.07) is 3.30. The van der Waals surface area contributed by atoms with Crippen LogP contribution in [0.1, 0.15) is 37.7 Å². The first-order valence-corrected chi connectivity index (χ1v) is 7.76. The van der Waals surface area contributed by atoms with Gasteiger partial charge >= 0.3 is 5.97 Å².